The Morgan fingerprint density at radius 3 is 2.18 bits per heavy atom. The number of unbranched alkanes of at least 4 members (excludes halogenated alkanes) is 2. The molecule has 66 valence electrons. The molecule has 0 atom stereocenters. The second-order valence-corrected chi connectivity index (χ2v) is 2.75. The fourth-order valence-electron chi connectivity index (χ4n) is 0.980. The monoisotopic (exact) mass is 155 g/mol. The lowest BCUT2D eigenvalue weighted by atomic mass is 10.2. The molecule has 11 heavy (non-hydrogen) atoms. The van der Waals surface area contributed by atoms with Crippen molar-refractivity contribution in [3.63, 3.8) is 0 Å². The highest BCUT2D eigenvalue weighted by Gasteiger charge is 1.87. The second kappa shape index (κ2) is 7.64. The smallest absolute Gasteiger partial charge is 0.0143 e. The van der Waals surface area contributed by atoms with Gasteiger partial charge in [-0.05, 0) is 26.5 Å². The van der Waals surface area contributed by atoms with Gasteiger partial charge < -0.3 is 4.90 Å². The van der Waals surface area contributed by atoms with Crippen molar-refractivity contribution >= 4 is 0 Å². The molecule has 0 aromatic heterocycles. The number of hydrogen-bond donors (Lipinski definition) is 0. The summed E-state index contributed by atoms with van der Waals surface area (Å²) in [5.74, 6) is 0. The van der Waals surface area contributed by atoms with Gasteiger partial charge >= 0.3 is 0 Å². The molecule has 0 heterocycles. The van der Waals surface area contributed by atoms with Gasteiger partial charge in [0.1, 0.15) is 0 Å². The minimum absolute atomic E-state index is 1.12. The number of hydrogen-bond acceptors (Lipinski definition) is 1. The van der Waals surface area contributed by atoms with Crippen molar-refractivity contribution in [3.05, 3.63) is 12.3 Å². The first-order valence-corrected chi connectivity index (χ1v) is 4.75. The molecule has 0 radical (unpaired) electrons. The molecule has 0 bridgehead atoms. The zero-order valence-corrected chi connectivity index (χ0v) is 8.14. The summed E-state index contributed by atoms with van der Waals surface area (Å²) in [6.07, 6.45) is 8.33. The third-order valence-electron chi connectivity index (χ3n) is 1.85. The lowest BCUT2D eigenvalue weighted by molar-refractivity contribution is 0.417. The lowest BCUT2D eigenvalue weighted by Gasteiger charge is -2.14. The van der Waals surface area contributed by atoms with Gasteiger partial charge in [-0.15, -0.1) is 0 Å². The molecule has 0 aliphatic heterocycles. The zero-order chi connectivity index (χ0) is 8.53. The summed E-state index contributed by atoms with van der Waals surface area (Å²) in [6.45, 7) is 8.85. The van der Waals surface area contributed by atoms with Gasteiger partial charge in [0, 0.05) is 13.1 Å². The van der Waals surface area contributed by atoms with E-state index in [-0.39, 0.29) is 0 Å². The summed E-state index contributed by atoms with van der Waals surface area (Å²) in [7, 11) is 0. The van der Waals surface area contributed by atoms with E-state index < -0.39 is 0 Å². The Bertz CT molecular complexity index is 93.0. The van der Waals surface area contributed by atoms with Crippen LogP contribution in [0.4, 0.5) is 0 Å². The van der Waals surface area contributed by atoms with Crippen LogP contribution in [0.3, 0.4) is 0 Å². The summed E-state index contributed by atoms with van der Waals surface area (Å²) >= 11 is 0. The van der Waals surface area contributed by atoms with Crippen LogP contribution in [0.25, 0.3) is 0 Å². The molecule has 0 aromatic carbocycles. The van der Waals surface area contributed by atoms with Crippen LogP contribution >= 0.6 is 0 Å². The van der Waals surface area contributed by atoms with Crippen molar-refractivity contribution in [2.45, 2.75) is 40.0 Å². The largest absolute Gasteiger partial charge is 0.378 e. The maximum atomic E-state index is 2.32. The van der Waals surface area contributed by atoms with Crippen molar-refractivity contribution < 1.29 is 0 Å². The summed E-state index contributed by atoms with van der Waals surface area (Å²) in [6, 6.07) is 0. The SMILES string of the molecule is CCCCC=CN(CC)CC. The van der Waals surface area contributed by atoms with E-state index in [1.54, 1.807) is 0 Å². The van der Waals surface area contributed by atoms with Crippen molar-refractivity contribution in [2.24, 2.45) is 0 Å². The summed E-state index contributed by atoms with van der Waals surface area (Å²) in [4.78, 5) is 2.32. The third-order valence-corrected chi connectivity index (χ3v) is 1.85. The molecule has 0 saturated heterocycles. The fourth-order valence-corrected chi connectivity index (χ4v) is 0.980. The highest BCUT2D eigenvalue weighted by atomic mass is 15.1. The molecule has 0 saturated carbocycles. The molecule has 0 aliphatic carbocycles. The van der Waals surface area contributed by atoms with Gasteiger partial charge in [0.2, 0.25) is 0 Å². The average Bonchev–Trinajstić information content (AvgIpc) is 2.05. The lowest BCUT2D eigenvalue weighted by Crippen LogP contribution is -2.14. The van der Waals surface area contributed by atoms with E-state index in [1.807, 2.05) is 0 Å². The molecular weight excluding hydrogens is 134 g/mol. The van der Waals surface area contributed by atoms with Crippen LogP contribution in [0.2, 0.25) is 0 Å². The summed E-state index contributed by atoms with van der Waals surface area (Å²) in [5, 5.41) is 0. The van der Waals surface area contributed by atoms with Crippen LogP contribution in [-0.4, -0.2) is 18.0 Å². The highest BCUT2D eigenvalue weighted by Crippen LogP contribution is 1.96. The predicted molar refractivity (Wildman–Crippen MR) is 51.6 cm³/mol. The van der Waals surface area contributed by atoms with Gasteiger partial charge in [-0.3, -0.25) is 0 Å². The van der Waals surface area contributed by atoms with Gasteiger partial charge in [-0.1, -0.05) is 25.8 Å². The molecule has 0 aliphatic rings. The molecule has 0 unspecified atom stereocenters. The van der Waals surface area contributed by atoms with Gasteiger partial charge in [0.05, 0.1) is 0 Å². The molecule has 0 aromatic rings. The maximum Gasteiger partial charge on any atom is 0.0143 e. The van der Waals surface area contributed by atoms with Crippen molar-refractivity contribution in [1.29, 1.82) is 0 Å². The Kier molecular flexibility index (Phi) is 7.33. The minimum atomic E-state index is 1.12. The minimum Gasteiger partial charge on any atom is -0.378 e. The fraction of sp³-hybridized carbons (Fsp3) is 0.800. The van der Waals surface area contributed by atoms with E-state index in [1.165, 1.54) is 19.3 Å². The topological polar surface area (TPSA) is 3.24 Å². The normalized spacial score (nSPS) is 10.8. The van der Waals surface area contributed by atoms with E-state index in [4.69, 9.17) is 0 Å². The molecule has 0 N–H and O–H groups in total. The van der Waals surface area contributed by atoms with Crippen molar-refractivity contribution in [3.8, 4) is 0 Å². The molecule has 1 heteroatoms. The molecule has 0 rings (SSSR count). The maximum absolute atomic E-state index is 2.32. The average molecular weight is 155 g/mol. The van der Waals surface area contributed by atoms with Crippen molar-refractivity contribution in [1.82, 2.24) is 4.90 Å². The number of rotatable bonds is 6. The van der Waals surface area contributed by atoms with Crippen LogP contribution in [0, 0.1) is 0 Å². The highest BCUT2D eigenvalue weighted by molar-refractivity contribution is 4.80. The summed E-state index contributed by atoms with van der Waals surface area (Å²) < 4.78 is 0. The van der Waals surface area contributed by atoms with Crippen LogP contribution in [0.5, 0.6) is 0 Å². The van der Waals surface area contributed by atoms with E-state index in [0.717, 1.165) is 13.1 Å². The first-order chi connectivity index (χ1) is 5.35. The molecule has 0 fully saturated rings. The number of allylic oxidation sites excluding steroid dienone is 1. The number of nitrogens with zero attached hydrogens (tertiary/aromatic N) is 1. The van der Waals surface area contributed by atoms with E-state index >= 15 is 0 Å². The Balaban J connectivity index is 3.36. The Hall–Kier alpha value is -0.460. The van der Waals surface area contributed by atoms with Gasteiger partial charge in [0.25, 0.3) is 0 Å². The predicted octanol–water partition coefficient (Wildman–Crippen LogP) is 3.03. The van der Waals surface area contributed by atoms with E-state index in [2.05, 4.69) is 37.9 Å². The second-order valence-electron chi connectivity index (χ2n) is 2.75. The van der Waals surface area contributed by atoms with Gasteiger partial charge in [-0.2, -0.15) is 0 Å². The molecule has 0 spiro atoms. The Labute approximate surface area is 71.1 Å². The first-order valence-electron chi connectivity index (χ1n) is 4.75. The van der Waals surface area contributed by atoms with Crippen LogP contribution < -0.4 is 0 Å². The van der Waals surface area contributed by atoms with E-state index in [0.29, 0.717) is 0 Å². The van der Waals surface area contributed by atoms with Crippen LogP contribution in [0.15, 0.2) is 12.3 Å². The van der Waals surface area contributed by atoms with Crippen molar-refractivity contribution in [2.75, 3.05) is 13.1 Å². The van der Waals surface area contributed by atoms with Gasteiger partial charge in [0.15, 0.2) is 0 Å². The zero-order valence-electron chi connectivity index (χ0n) is 8.14. The summed E-state index contributed by atoms with van der Waals surface area (Å²) in [5.41, 5.74) is 0. The van der Waals surface area contributed by atoms with Gasteiger partial charge in [-0.25, -0.2) is 0 Å². The Morgan fingerprint density at radius 2 is 1.73 bits per heavy atom. The molecule has 0 amide bonds. The van der Waals surface area contributed by atoms with Crippen LogP contribution in [0.1, 0.15) is 40.0 Å². The van der Waals surface area contributed by atoms with E-state index in [9.17, 15) is 0 Å². The third kappa shape index (κ3) is 5.96. The molecular formula is C10H21N. The molecule has 1 nitrogen and oxygen atoms in total. The van der Waals surface area contributed by atoms with Crippen LogP contribution in [-0.2, 0) is 0 Å². The quantitative estimate of drug-likeness (QED) is 0.533. The standard InChI is InChI=1S/C10H21N/c1-4-7-8-9-10-11(5-2)6-3/h9-10H,4-8H2,1-3H3. The Morgan fingerprint density at radius 1 is 1.09 bits per heavy atom. The first kappa shape index (κ1) is 10.5.